The lowest BCUT2D eigenvalue weighted by Gasteiger charge is -2.40. The van der Waals surface area contributed by atoms with Crippen LogP contribution >= 0.6 is 11.3 Å². The highest BCUT2D eigenvalue weighted by atomic mass is 32.1. The molecular formula is C15H21N3O3S. The number of piperazine rings is 1. The van der Waals surface area contributed by atoms with E-state index in [-0.39, 0.29) is 11.8 Å². The largest absolute Gasteiger partial charge is 0.381 e. The number of hydrogen-bond donors (Lipinski definition) is 1. The number of rotatable bonds is 2. The van der Waals surface area contributed by atoms with Crippen LogP contribution in [0, 0.1) is 0 Å². The number of hydrogen-bond acceptors (Lipinski definition) is 5. The molecule has 22 heavy (non-hydrogen) atoms. The first kappa shape index (κ1) is 15.5. The van der Waals surface area contributed by atoms with Gasteiger partial charge in [-0.3, -0.25) is 9.59 Å². The van der Waals surface area contributed by atoms with Crippen molar-refractivity contribution in [3.63, 3.8) is 0 Å². The summed E-state index contributed by atoms with van der Waals surface area (Å²) in [5.41, 5.74) is 6.19. The zero-order chi connectivity index (χ0) is 15.6. The molecule has 2 aliphatic rings. The van der Waals surface area contributed by atoms with Gasteiger partial charge in [-0.15, -0.1) is 0 Å². The molecule has 2 saturated heterocycles. The Kier molecular flexibility index (Phi) is 4.46. The second-order valence-corrected chi connectivity index (χ2v) is 6.64. The first-order chi connectivity index (χ1) is 10.6. The van der Waals surface area contributed by atoms with Gasteiger partial charge < -0.3 is 20.3 Å². The van der Waals surface area contributed by atoms with E-state index in [0.717, 1.165) is 5.56 Å². The maximum atomic E-state index is 12.6. The normalized spacial score (nSPS) is 21.7. The van der Waals surface area contributed by atoms with Crippen molar-refractivity contribution in [3.8, 4) is 0 Å². The molecular weight excluding hydrogens is 302 g/mol. The molecule has 7 heteroatoms. The summed E-state index contributed by atoms with van der Waals surface area (Å²) in [5.74, 6) is 0.0420. The van der Waals surface area contributed by atoms with Crippen LogP contribution in [0.1, 0.15) is 23.2 Å². The molecule has 0 saturated carbocycles. The predicted molar refractivity (Wildman–Crippen MR) is 83.8 cm³/mol. The molecule has 0 radical (unpaired) electrons. The van der Waals surface area contributed by atoms with Gasteiger partial charge in [0.05, 0.1) is 11.1 Å². The quantitative estimate of drug-likeness (QED) is 0.862. The summed E-state index contributed by atoms with van der Waals surface area (Å²) in [4.78, 5) is 28.5. The summed E-state index contributed by atoms with van der Waals surface area (Å²) in [6.07, 6.45) is 1.14. The number of carbonyl (C=O) groups excluding carboxylic acids is 2. The molecule has 1 aromatic heterocycles. The average molecular weight is 323 g/mol. The maximum absolute atomic E-state index is 12.6. The molecule has 0 spiro atoms. The Hall–Kier alpha value is -1.44. The van der Waals surface area contributed by atoms with Crippen LogP contribution in [0.5, 0.6) is 0 Å². The fourth-order valence-electron chi connectivity index (χ4n) is 2.95. The topological polar surface area (TPSA) is 75.9 Å². The number of thiophene rings is 1. The Labute approximate surface area is 133 Å². The highest BCUT2D eigenvalue weighted by Gasteiger charge is 2.40. The molecule has 120 valence electrons. The highest BCUT2D eigenvalue weighted by Crippen LogP contribution is 2.21. The number of nitrogens with zero attached hydrogens (tertiary/aromatic N) is 2. The molecule has 6 nitrogen and oxygen atoms in total. The van der Waals surface area contributed by atoms with Gasteiger partial charge in [-0.2, -0.15) is 11.3 Å². The van der Waals surface area contributed by atoms with E-state index in [2.05, 4.69) is 0 Å². The molecule has 0 atom stereocenters. The third-order valence-electron chi connectivity index (χ3n) is 4.43. The summed E-state index contributed by atoms with van der Waals surface area (Å²) in [6.45, 7) is 3.31. The van der Waals surface area contributed by atoms with Crippen molar-refractivity contribution in [3.05, 3.63) is 22.4 Å². The molecule has 0 aliphatic carbocycles. The van der Waals surface area contributed by atoms with Gasteiger partial charge in [0.15, 0.2) is 0 Å². The Morgan fingerprint density at radius 2 is 1.77 bits per heavy atom. The Balaban J connectivity index is 1.57. The Morgan fingerprint density at radius 3 is 2.36 bits per heavy atom. The third-order valence-corrected chi connectivity index (χ3v) is 5.12. The number of nitrogens with two attached hydrogens (primary N) is 1. The SMILES string of the molecule is NC1(C(=O)N2CCN(C(=O)c3ccsc3)CC2)CCOCC1. The van der Waals surface area contributed by atoms with Gasteiger partial charge in [0.25, 0.3) is 5.91 Å². The lowest BCUT2D eigenvalue weighted by Crippen LogP contribution is -2.61. The van der Waals surface area contributed by atoms with E-state index in [1.807, 2.05) is 16.8 Å². The lowest BCUT2D eigenvalue weighted by molar-refractivity contribution is -0.142. The standard InChI is InChI=1S/C15H21N3O3S/c16-15(2-8-21-9-3-15)14(20)18-6-4-17(5-7-18)13(19)12-1-10-22-11-12/h1,10-11H,2-9,16H2. The average Bonchev–Trinajstić information content (AvgIpc) is 3.09. The van der Waals surface area contributed by atoms with Gasteiger partial charge in [-0.25, -0.2) is 0 Å². The van der Waals surface area contributed by atoms with Crippen molar-refractivity contribution < 1.29 is 14.3 Å². The fraction of sp³-hybridized carbons (Fsp3) is 0.600. The van der Waals surface area contributed by atoms with Gasteiger partial charge in [0.2, 0.25) is 5.91 Å². The number of carbonyl (C=O) groups is 2. The van der Waals surface area contributed by atoms with Crippen molar-refractivity contribution in [2.75, 3.05) is 39.4 Å². The van der Waals surface area contributed by atoms with Crippen molar-refractivity contribution in [1.29, 1.82) is 0 Å². The smallest absolute Gasteiger partial charge is 0.254 e. The van der Waals surface area contributed by atoms with E-state index in [4.69, 9.17) is 10.5 Å². The molecule has 0 aromatic carbocycles. The molecule has 3 heterocycles. The van der Waals surface area contributed by atoms with E-state index < -0.39 is 5.54 Å². The second-order valence-electron chi connectivity index (χ2n) is 5.86. The second kappa shape index (κ2) is 6.36. The molecule has 2 N–H and O–H groups in total. The Bertz CT molecular complexity index is 532. The van der Waals surface area contributed by atoms with Crippen molar-refractivity contribution in [1.82, 2.24) is 9.80 Å². The monoisotopic (exact) mass is 323 g/mol. The Morgan fingerprint density at radius 1 is 1.14 bits per heavy atom. The van der Waals surface area contributed by atoms with E-state index in [0.29, 0.717) is 52.2 Å². The van der Waals surface area contributed by atoms with Crippen molar-refractivity contribution in [2.45, 2.75) is 18.4 Å². The van der Waals surface area contributed by atoms with Crippen molar-refractivity contribution in [2.24, 2.45) is 5.73 Å². The van der Waals surface area contributed by atoms with Crippen LogP contribution in [0.4, 0.5) is 0 Å². The van der Waals surface area contributed by atoms with Gasteiger partial charge in [0.1, 0.15) is 0 Å². The molecule has 2 aliphatic heterocycles. The molecule has 0 bridgehead atoms. The van der Waals surface area contributed by atoms with Crippen LogP contribution < -0.4 is 5.73 Å². The predicted octanol–water partition coefficient (Wildman–Crippen LogP) is 0.540. The summed E-state index contributed by atoms with van der Waals surface area (Å²) >= 11 is 1.52. The molecule has 2 fully saturated rings. The van der Waals surface area contributed by atoms with Crippen LogP contribution in [0.25, 0.3) is 0 Å². The summed E-state index contributed by atoms with van der Waals surface area (Å²) in [6, 6.07) is 1.83. The van der Waals surface area contributed by atoms with Crippen LogP contribution in [0.3, 0.4) is 0 Å². The molecule has 3 rings (SSSR count). The minimum absolute atomic E-state index is 0.00145. The number of ether oxygens (including phenoxy) is 1. The molecule has 1 aromatic rings. The van der Waals surface area contributed by atoms with Crippen molar-refractivity contribution >= 4 is 23.2 Å². The number of amides is 2. The summed E-state index contributed by atoms with van der Waals surface area (Å²) in [5, 5.41) is 3.76. The minimum Gasteiger partial charge on any atom is -0.381 e. The van der Waals surface area contributed by atoms with E-state index >= 15 is 0 Å². The van der Waals surface area contributed by atoms with Crippen LogP contribution in [0.2, 0.25) is 0 Å². The third kappa shape index (κ3) is 3.02. The van der Waals surface area contributed by atoms with Gasteiger partial charge in [-0.1, -0.05) is 0 Å². The zero-order valence-corrected chi connectivity index (χ0v) is 13.3. The molecule has 2 amide bonds. The highest BCUT2D eigenvalue weighted by molar-refractivity contribution is 7.08. The maximum Gasteiger partial charge on any atom is 0.254 e. The van der Waals surface area contributed by atoms with Crippen LogP contribution in [-0.2, 0) is 9.53 Å². The minimum atomic E-state index is -0.794. The first-order valence-corrected chi connectivity index (χ1v) is 8.52. The van der Waals surface area contributed by atoms with E-state index in [9.17, 15) is 9.59 Å². The zero-order valence-electron chi connectivity index (χ0n) is 12.5. The van der Waals surface area contributed by atoms with Gasteiger partial charge >= 0.3 is 0 Å². The summed E-state index contributed by atoms with van der Waals surface area (Å²) < 4.78 is 5.29. The van der Waals surface area contributed by atoms with Crippen LogP contribution in [-0.4, -0.2) is 66.5 Å². The summed E-state index contributed by atoms with van der Waals surface area (Å²) in [7, 11) is 0. The van der Waals surface area contributed by atoms with E-state index in [1.165, 1.54) is 11.3 Å². The molecule has 0 unspecified atom stereocenters. The van der Waals surface area contributed by atoms with Gasteiger partial charge in [-0.05, 0) is 24.3 Å². The van der Waals surface area contributed by atoms with Crippen LogP contribution in [0.15, 0.2) is 16.8 Å². The van der Waals surface area contributed by atoms with E-state index in [1.54, 1.807) is 9.80 Å². The first-order valence-electron chi connectivity index (χ1n) is 7.58. The lowest BCUT2D eigenvalue weighted by atomic mass is 9.89. The fourth-order valence-corrected chi connectivity index (χ4v) is 3.58. The van der Waals surface area contributed by atoms with Gasteiger partial charge in [0, 0.05) is 44.8 Å².